The van der Waals surface area contributed by atoms with Crippen molar-refractivity contribution in [1.82, 2.24) is 4.31 Å². The minimum atomic E-state index is -3.59. The number of hydrogen-bond donors (Lipinski definition) is 2. The second kappa shape index (κ2) is 7.79. The lowest BCUT2D eigenvalue weighted by Crippen LogP contribution is -2.43. The Morgan fingerprint density at radius 3 is 2.70 bits per heavy atom. The number of rotatable bonds is 5. The van der Waals surface area contributed by atoms with Crippen LogP contribution in [0.5, 0.6) is 0 Å². The second-order valence-electron chi connectivity index (χ2n) is 6.50. The minimum absolute atomic E-state index is 0.140. The fourth-order valence-corrected chi connectivity index (χ4v) is 6.01. The third-order valence-electron chi connectivity index (χ3n) is 4.48. The van der Waals surface area contributed by atoms with E-state index in [-0.39, 0.29) is 12.5 Å². The van der Waals surface area contributed by atoms with E-state index in [1.54, 1.807) is 30.3 Å². The fourth-order valence-electron chi connectivity index (χ4n) is 3.05. The first-order valence-corrected chi connectivity index (χ1v) is 10.8. The molecule has 3 N–H and O–H groups in total. The van der Waals surface area contributed by atoms with Gasteiger partial charge in [-0.3, -0.25) is 9.59 Å². The number of sulfonamides is 1. The number of hydrogen-bond acceptors (Lipinski definition) is 5. The second-order valence-corrected chi connectivity index (χ2v) is 9.95. The highest BCUT2D eigenvalue weighted by atomic mass is 32.2. The Morgan fingerprint density at radius 2 is 2.04 bits per heavy atom. The summed E-state index contributed by atoms with van der Waals surface area (Å²) in [6.45, 7) is 2.40. The lowest BCUT2D eigenvalue weighted by Gasteiger charge is -2.30. The zero-order chi connectivity index (χ0) is 19.6. The standard InChI is InChI=1S/C18H21N3O4S2/c1-12-7-8-16(26-12)27(24,25)21-9-3-5-14(11-21)18(23)20-15-6-2-4-13(10-15)17(19)22/h2,4,6-8,10,14H,3,5,9,11H2,1H3,(H2,19,22)(H,20,23). The van der Waals surface area contributed by atoms with Crippen LogP contribution in [0.4, 0.5) is 5.69 Å². The van der Waals surface area contributed by atoms with Crippen molar-refractivity contribution in [2.75, 3.05) is 18.4 Å². The molecular formula is C18H21N3O4S2. The molecule has 1 aliphatic rings. The first-order chi connectivity index (χ1) is 12.8. The van der Waals surface area contributed by atoms with E-state index in [9.17, 15) is 18.0 Å². The summed E-state index contributed by atoms with van der Waals surface area (Å²) in [5.74, 6) is -1.29. The summed E-state index contributed by atoms with van der Waals surface area (Å²) in [7, 11) is -3.59. The zero-order valence-electron chi connectivity index (χ0n) is 14.8. The molecule has 3 rings (SSSR count). The Balaban J connectivity index is 1.71. The van der Waals surface area contributed by atoms with Crippen molar-refractivity contribution in [3.8, 4) is 0 Å². The van der Waals surface area contributed by atoms with Crippen molar-refractivity contribution >= 4 is 38.9 Å². The van der Waals surface area contributed by atoms with Crippen LogP contribution in [0.15, 0.2) is 40.6 Å². The Morgan fingerprint density at radius 1 is 1.26 bits per heavy atom. The van der Waals surface area contributed by atoms with Gasteiger partial charge in [0.15, 0.2) is 0 Å². The number of nitrogens with two attached hydrogens (primary N) is 1. The summed E-state index contributed by atoms with van der Waals surface area (Å²) in [6, 6.07) is 9.75. The number of piperidine rings is 1. The first kappa shape index (κ1) is 19.5. The zero-order valence-corrected chi connectivity index (χ0v) is 16.5. The van der Waals surface area contributed by atoms with Gasteiger partial charge in [0, 0.05) is 29.2 Å². The van der Waals surface area contributed by atoms with Crippen LogP contribution in [0.25, 0.3) is 0 Å². The predicted octanol–water partition coefficient (Wildman–Crippen LogP) is 2.19. The fraction of sp³-hybridized carbons (Fsp3) is 0.333. The number of carbonyl (C=O) groups excluding carboxylic acids is 2. The molecular weight excluding hydrogens is 386 g/mol. The smallest absolute Gasteiger partial charge is 0.252 e. The van der Waals surface area contributed by atoms with Gasteiger partial charge >= 0.3 is 0 Å². The molecule has 0 spiro atoms. The highest BCUT2D eigenvalue weighted by Crippen LogP contribution is 2.28. The molecule has 1 aromatic carbocycles. The SMILES string of the molecule is Cc1ccc(S(=O)(=O)N2CCCC(C(=O)Nc3cccc(C(N)=O)c3)C2)s1. The Labute approximate surface area is 162 Å². The van der Waals surface area contributed by atoms with Crippen LogP contribution in [0.3, 0.4) is 0 Å². The minimum Gasteiger partial charge on any atom is -0.366 e. The maximum Gasteiger partial charge on any atom is 0.252 e. The van der Waals surface area contributed by atoms with E-state index in [0.717, 1.165) is 4.88 Å². The van der Waals surface area contributed by atoms with Gasteiger partial charge in [-0.1, -0.05) is 6.07 Å². The number of nitrogens with zero attached hydrogens (tertiary/aromatic N) is 1. The van der Waals surface area contributed by atoms with Crippen LogP contribution in [0, 0.1) is 12.8 Å². The average molecular weight is 408 g/mol. The molecule has 7 nitrogen and oxygen atoms in total. The van der Waals surface area contributed by atoms with Crippen LogP contribution in [-0.2, 0) is 14.8 Å². The van der Waals surface area contributed by atoms with Gasteiger partial charge in [-0.2, -0.15) is 4.31 Å². The van der Waals surface area contributed by atoms with Crippen LogP contribution < -0.4 is 11.1 Å². The van der Waals surface area contributed by atoms with Crippen LogP contribution in [-0.4, -0.2) is 37.6 Å². The molecule has 0 aliphatic carbocycles. The van der Waals surface area contributed by atoms with Gasteiger partial charge in [-0.25, -0.2) is 8.42 Å². The molecule has 0 saturated carbocycles. The first-order valence-electron chi connectivity index (χ1n) is 8.54. The van der Waals surface area contributed by atoms with E-state index in [0.29, 0.717) is 34.8 Å². The number of primary amides is 1. The molecule has 1 saturated heterocycles. The topological polar surface area (TPSA) is 110 Å². The van der Waals surface area contributed by atoms with Gasteiger partial charge in [-0.15, -0.1) is 11.3 Å². The molecule has 1 aliphatic heterocycles. The maximum atomic E-state index is 12.8. The highest BCUT2D eigenvalue weighted by molar-refractivity contribution is 7.91. The van der Waals surface area contributed by atoms with Gasteiger partial charge in [0.05, 0.1) is 5.92 Å². The van der Waals surface area contributed by atoms with Gasteiger partial charge in [0.1, 0.15) is 4.21 Å². The summed E-state index contributed by atoms with van der Waals surface area (Å²) in [5, 5.41) is 2.76. The predicted molar refractivity (Wildman–Crippen MR) is 104 cm³/mol. The average Bonchev–Trinajstić information content (AvgIpc) is 3.09. The van der Waals surface area contributed by atoms with Crippen molar-refractivity contribution in [1.29, 1.82) is 0 Å². The molecule has 1 fully saturated rings. The van der Waals surface area contributed by atoms with Crippen molar-refractivity contribution in [3.63, 3.8) is 0 Å². The maximum absolute atomic E-state index is 12.8. The van der Waals surface area contributed by atoms with Crippen molar-refractivity contribution in [2.24, 2.45) is 11.7 Å². The monoisotopic (exact) mass is 407 g/mol. The van der Waals surface area contributed by atoms with Crippen LogP contribution in [0.1, 0.15) is 28.1 Å². The lowest BCUT2D eigenvalue weighted by molar-refractivity contribution is -0.120. The molecule has 27 heavy (non-hydrogen) atoms. The lowest BCUT2D eigenvalue weighted by atomic mass is 9.98. The van der Waals surface area contributed by atoms with E-state index >= 15 is 0 Å². The Hall–Kier alpha value is -2.23. The molecule has 2 aromatic rings. The summed E-state index contributed by atoms with van der Waals surface area (Å²) in [5.41, 5.74) is 6.02. The number of benzene rings is 1. The Bertz CT molecular complexity index is 968. The van der Waals surface area contributed by atoms with E-state index in [4.69, 9.17) is 5.73 Å². The van der Waals surface area contributed by atoms with Crippen molar-refractivity contribution in [3.05, 3.63) is 46.8 Å². The number of carbonyl (C=O) groups is 2. The van der Waals surface area contributed by atoms with Crippen LogP contribution >= 0.6 is 11.3 Å². The molecule has 1 unspecified atom stereocenters. The van der Waals surface area contributed by atoms with E-state index in [1.165, 1.54) is 21.7 Å². The van der Waals surface area contributed by atoms with Crippen LogP contribution in [0.2, 0.25) is 0 Å². The molecule has 2 amide bonds. The van der Waals surface area contributed by atoms with Gasteiger partial charge in [0.25, 0.3) is 10.0 Å². The van der Waals surface area contributed by atoms with Gasteiger partial charge in [-0.05, 0) is 50.1 Å². The third-order valence-corrected chi connectivity index (χ3v) is 7.81. The molecule has 1 atom stereocenters. The summed E-state index contributed by atoms with van der Waals surface area (Å²) < 4.78 is 27.3. The largest absolute Gasteiger partial charge is 0.366 e. The number of amides is 2. The number of nitrogens with one attached hydrogen (secondary N) is 1. The van der Waals surface area contributed by atoms with E-state index in [2.05, 4.69) is 5.32 Å². The highest BCUT2D eigenvalue weighted by Gasteiger charge is 2.34. The number of aryl methyl sites for hydroxylation is 1. The van der Waals surface area contributed by atoms with Crippen molar-refractivity contribution in [2.45, 2.75) is 24.0 Å². The number of thiophene rings is 1. The number of anilines is 1. The summed E-state index contributed by atoms with van der Waals surface area (Å²) in [4.78, 5) is 24.8. The molecule has 0 bridgehead atoms. The Kier molecular flexibility index (Phi) is 5.64. The molecule has 2 heterocycles. The summed E-state index contributed by atoms with van der Waals surface area (Å²) in [6.07, 6.45) is 1.22. The van der Waals surface area contributed by atoms with Gasteiger partial charge in [0.2, 0.25) is 11.8 Å². The van der Waals surface area contributed by atoms with Crippen molar-refractivity contribution < 1.29 is 18.0 Å². The quantitative estimate of drug-likeness (QED) is 0.792. The van der Waals surface area contributed by atoms with E-state index < -0.39 is 21.8 Å². The normalized spacial score (nSPS) is 18.2. The summed E-state index contributed by atoms with van der Waals surface area (Å²) >= 11 is 1.23. The van der Waals surface area contributed by atoms with Gasteiger partial charge < -0.3 is 11.1 Å². The molecule has 144 valence electrons. The molecule has 9 heteroatoms. The molecule has 1 aromatic heterocycles. The third kappa shape index (κ3) is 4.37. The molecule has 0 radical (unpaired) electrons. The van der Waals surface area contributed by atoms with E-state index in [1.807, 2.05) is 6.92 Å².